The third kappa shape index (κ3) is 2.10. The lowest BCUT2D eigenvalue weighted by molar-refractivity contribution is -0.0356. The molecule has 66 valence electrons. The topological polar surface area (TPSA) is 23.5 Å². The van der Waals surface area contributed by atoms with Crippen LogP contribution in [-0.4, -0.2) is 42.7 Å². The molecule has 0 spiro atoms. The van der Waals surface area contributed by atoms with Gasteiger partial charge in [0.2, 0.25) is 0 Å². The zero-order valence-corrected chi connectivity index (χ0v) is 6.50. The zero-order chi connectivity index (χ0) is 8.43. The van der Waals surface area contributed by atoms with Gasteiger partial charge in [-0.3, -0.25) is 0 Å². The largest absolute Gasteiger partial charge is 0.387 e. The molecule has 0 amide bonds. The van der Waals surface area contributed by atoms with Crippen molar-refractivity contribution in [1.29, 1.82) is 0 Å². The number of aliphatic hydroxyl groups excluding tert-OH is 1. The SMILES string of the molecule is CN1CCC(C(O)C(F)F)C1. The van der Waals surface area contributed by atoms with E-state index in [1.54, 1.807) is 0 Å². The van der Waals surface area contributed by atoms with Crippen molar-refractivity contribution in [2.24, 2.45) is 5.92 Å². The van der Waals surface area contributed by atoms with Crippen molar-refractivity contribution in [3.63, 3.8) is 0 Å². The van der Waals surface area contributed by atoms with E-state index in [9.17, 15) is 8.78 Å². The summed E-state index contributed by atoms with van der Waals surface area (Å²) in [7, 11) is 1.87. The molecule has 1 aliphatic heterocycles. The van der Waals surface area contributed by atoms with E-state index in [4.69, 9.17) is 5.11 Å². The molecule has 1 saturated heterocycles. The molecule has 2 unspecified atom stereocenters. The van der Waals surface area contributed by atoms with E-state index < -0.39 is 12.5 Å². The summed E-state index contributed by atoms with van der Waals surface area (Å²) in [6.07, 6.45) is -3.34. The summed E-state index contributed by atoms with van der Waals surface area (Å²) in [5, 5.41) is 8.97. The number of alkyl halides is 2. The Morgan fingerprint density at radius 1 is 1.55 bits per heavy atom. The van der Waals surface area contributed by atoms with Crippen LogP contribution in [0.2, 0.25) is 0 Å². The molecule has 0 bridgehead atoms. The Morgan fingerprint density at radius 2 is 2.18 bits per heavy atom. The summed E-state index contributed by atoms with van der Waals surface area (Å²) in [6, 6.07) is 0. The van der Waals surface area contributed by atoms with E-state index in [0.717, 1.165) is 6.54 Å². The van der Waals surface area contributed by atoms with Gasteiger partial charge in [0.15, 0.2) is 0 Å². The molecule has 0 radical (unpaired) electrons. The van der Waals surface area contributed by atoms with Gasteiger partial charge in [0, 0.05) is 12.5 Å². The van der Waals surface area contributed by atoms with Crippen molar-refractivity contribution >= 4 is 0 Å². The van der Waals surface area contributed by atoms with Gasteiger partial charge < -0.3 is 10.0 Å². The van der Waals surface area contributed by atoms with Crippen LogP contribution in [-0.2, 0) is 0 Å². The predicted molar refractivity (Wildman–Crippen MR) is 37.6 cm³/mol. The Hall–Kier alpha value is -0.220. The molecule has 1 fully saturated rings. The molecule has 4 heteroatoms. The molecule has 0 aliphatic carbocycles. The average Bonchev–Trinajstić information content (AvgIpc) is 2.34. The summed E-state index contributed by atoms with van der Waals surface area (Å²) in [4.78, 5) is 1.95. The summed E-state index contributed by atoms with van der Waals surface area (Å²) in [6.45, 7) is 1.40. The van der Waals surface area contributed by atoms with Crippen LogP contribution in [0.4, 0.5) is 8.78 Å². The van der Waals surface area contributed by atoms with Crippen molar-refractivity contribution in [3.05, 3.63) is 0 Å². The van der Waals surface area contributed by atoms with Crippen LogP contribution in [0.3, 0.4) is 0 Å². The number of rotatable bonds is 2. The molecule has 0 saturated carbocycles. The van der Waals surface area contributed by atoms with Gasteiger partial charge in [-0.15, -0.1) is 0 Å². The monoisotopic (exact) mass is 165 g/mol. The summed E-state index contributed by atoms with van der Waals surface area (Å²) >= 11 is 0. The molecule has 1 N–H and O–H groups in total. The Labute approximate surface area is 64.8 Å². The van der Waals surface area contributed by atoms with Crippen molar-refractivity contribution in [2.45, 2.75) is 19.0 Å². The Kier molecular flexibility index (Phi) is 2.78. The number of nitrogens with zero attached hydrogens (tertiary/aromatic N) is 1. The van der Waals surface area contributed by atoms with Crippen LogP contribution in [0.25, 0.3) is 0 Å². The maximum absolute atomic E-state index is 11.9. The van der Waals surface area contributed by atoms with Crippen LogP contribution in [0.5, 0.6) is 0 Å². The van der Waals surface area contributed by atoms with E-state index in [2.05, 4.69) is 0 Å². The molecular weight excluding hydrogens is 152 g/mol. The van der Waals surface area contributed by atoms with Gasteiger partial charge in [-0.05, 0) is 20.0 Å². The molecule has 1 aliphatic rings. The van der Waals surface area contributed by atoms with E-state index in [-0.39, 0.29) is 5.92 Å². The molecule has 2 atom stereocenters. The molecule has 0 aromatic heterocycles. The first-order valence-electron chi connectivity index (χ1n) is 3.76. The Morgan fingerprint density at radius 3 is 2.55 bits per heavy atom. The third-order valence-electron chi connectivity index (χ3n) is 2.17. The van der Waals surface area contributed by atoms with E-state index in [0.29, 0.717) is 13.0 Å². The number of likely N-dealkylation sites (tertiary alicyclic amines) is 1. The summed E-state index contributed by atoms with van der Waals surface area (Å²) in [5.41, 5.74) is 0. The fraction of sp³-hybridized carbons (Fsp3) is 1.00. The Bertz CT molecular complexity index is 132. The molecule has 1 rings (SSSR count). The van der Waals surface area contributed by atoms with Crippen molar-refractivity contribution in [2.75, 3.05) is 20.1 Å². The van der Waals surface area contributed by atoms with Gasteiger partial charge >= 0.3 is 0 Å². The minimum Gasteiger partial charge on any atom is -0.387 e. The Balaban J connectivity index is 2.36. The van der Waals surface area contributed by atoms with Crippen LogP contribution < -0.4 is 0 Å². The predicted octanol–water partition coefficient (Wildman–Crippen LogP) is 0.564. The van der Waals surface area contributed by atoms with Crippen molar-refractivity contribution < 1.29 is 13.9 Å². The smallest absolute Gasteiger partial charge is 0.264 e. The van der Waals surface area contributed by atoms with Crippen LogP contribution in [0.15, 0.2) is 0 Å². The normalized spacial score (nSPS) is 29.7. The molecule has 1 heterocycles. The van der Waals surface area contributed by atoms with Crippen LogP contribution in [0, 0.1) is 5.92 Å². The standard InChI is InChI=1S/C7H13F2NO/c1-10-3-2-5(4-10)6(11)7(8)9/h5-7,11H,2-4H2,1H3. The van der Waals surface area contributed by atoms with Gasteiger partial charge in [-0.2, -0.15) is 0 Å². The first-order chi connectivity index (χ1) is 5.11. The quantitative estimate of drug-likeness (QED) is 0.646. The molecular formula is C7H13F2NO. The zero-order valence-electron chi connectivity index (χ0n) is 6.50. The summed E-state index contributed by atoms with van der Waals surface area (Å²) < 4.78 is 23.9. The lowest BCUT2D eigenvalue weighted by Crippen LogP contribution is -2.29. The van der Waals surface area contributed by atoms with Gasteiger partial charge in [0.25, 0.3) is 6.43 Å². The maximum atomic E-state index is 11.9. The third-order valence-corrected chi connectivity index (χ3v) is 2.17. The minimum absolute atomic E-state index is 0.236. The van der Waals surface area contributed by atoms with E-state index in [1.807, 2.05) is 11.9 Å². The van der Waals surface area contributed by atoms with Gasteiger partial charge in [-0.1, -0.05) is 0 Å². The second kappa shape index (κ2) is 3.45. The highest BCUT2D eigenvalue weighted by Gasteiger charge is 2.31. The van der Waals surface area contributed by atoms with E-state index >= 15 is 0 Å². The van der Waals surface area contributed by atoms with Crippen LogP contribution >= 0.6 is 0 Å². The minimum atomic E-state index is -2.59. The lowest BCUT2D eigenvalue weighted by Gasteiger charge is -2.16. The maximum Gasteiger partial charge on any atom is 0.264 e. The molecule has 2 nitrogen and oxygen atoms in total. The highest BCUT2D eigenvalue weighted by molar-refractivity contribution is 4.79. The lowest BCUT2D eigenvalue weighted by atomic mass is 10.0. The second-order valence-electron chi connectivity index (χ2n) is 3.14. The van der Waals surface area contributed by atoms with Crippen molar-refractivity contribution in [3.8, 4) is 0 Å². The second-order valence-corrected chi connectivity index (χ2v) is 3.14. The number of hydrogen-bond donors (Lipinski definition) is 1. The first-order valence-corrected chi connectivity index (χ1v) is 3.76. The first kappa shape index (κ1) is 8.87. The fourth-order valence-electron chi connectivity index (χ4n) is 1.45. The number of aliphatic hydroxyl groups is 1. The molecule has 0 aromatic rings. The number of hydrogen-bond acceptors (Lipinski definition) is 2. The highest BCUT2D eigenvalue weighted by Crippen LogP contribution is 2.21. The molecule has 0 aromatic carbocycles. The molecule has 11 heavy (non-hydrogen) atoms. The fourth-order valence-corrected chi connectivity index (χ4v) is 1.45. The highest BCUT2D eigenvalue weighted by atomic mass is 19.3. The van der Waals surface area contributed by atoms with E-state index in [1.165, 1.54) is 0 Å². The average molecular weight is 165 g/mol. The van der Waals surface area contributed by atoms with Crippen LogP contribution in [0.1, 0.15) is 6.42 Å². The van der Waals surface area contributed by atoms with Gasteiger partial charge in [0.05, 0.1) is 0 Å². The van der Waals surface area contributed by atoms with Gasteiger partial charge in [0.1, 0.15) is 6.10 Å². The summed E-state index contributed by atoms with van der Waals surface area (Å²) in [5.74, 6) is -0.236. The number of halogens is 2. The van der Waals surface area contributed by atoms with Gasteiger partial charge in [-0.25, -0.2) is 8.78 Å². The van der Waals surface area contributed by atoms with Crippen molar-refractivity contribution in [1.82, 2.24) is 4.90 Å².